The monoisotopic (exact) mass is 508 g/mol. The average molecular weight is 509 g/mol. The van der Waals surface area contributed by atoms with Crippen molar-refractivity contribution in [2.75, 3.05) is 22.9 Å². The number of anilines is 2. The van der Waals surface area contributed by atoms with Crippen LogP contribution in [0.2, 0.25) is 5.02 Å². The molecular formula is C23H26ClFN4O4S. The fraction of sp³-hybridized carbons (Fsp3) is 0.304. The number of amides is 1. The zero-order valence-corrected chi connectivity index (χ0v) is 20.8. The van der Waals surface area contributed by atoms with Crippen molar-refractivity contribution in [3.8, 4) is 17.1 Å². The highest BCUT2D eigenvalue weighted by molar-refractivity contribution is 7.92. The molecule has 8 nitrogen and oxygen atoms in total. The van der Waals surface area contributed by atoms with Crippen LogP contribution in [-0.2, 0) is 17.1 Å². The van der Waals surface area contributed by atoms with Crippen LogP contribution in [0.25, 0.3) is 11.4 Å². The minimum atomic E-state index is -3.52. The number of nitrogens with zero attached hydrogens (tertiary/aromatic N) is 2. The summed E-state index contributed by atoms with van der Waals surface area (Å²) in [5.41, 5.74) is 1.25. The van der Waals surface area contributed by atoms with Gasteiger partial charge in [-0.15, -0.1) is 0 Å². The van der Waals surface area contributed by atoms with Crippen molar-refractivity contribution in [3.63, 3.8) is 0 Å². The van der Waals surface area contributed by atoms with Gasteiger partial charge in [-0.2, -0.15) is 0 Å². The Balaban J connectivity index is 1.78. The van der Waals surface area contributed by atoms with E-state index in [0.29, 0.717) is 29.7 Å². The minimum Gasteiger partial charge on any atom is -0.492 e. The summed E-state index contributed by atoms with van der Waals surface area (Å²) in [5.74, 6) is -0.238. The highest BCUT2D eigenvalue weighted by atomic mass is 35.5. The molecule has 34 heavy (non-hydrogen) atoms. The number of carbonyl (C=O) groups excluding carboxylic acids is 1. The Bertz CT molecular complexity index is 1310. The van der Waals surface area contributed by atoms with Crippen molar-refractivity contribution < 1.29 is 22.3 Å². The van der Waals surface area contributed by atoms with E-state index in [4.69, 9.17) is 16.3 Å². The number of hydrogen-bond acceptors (Lipinski definition) is 5. The van der Waals surface area contributed by atoms with E-state index < -0.39 is 21.7 Å². The van der Waals surface area contributed by atoms with Gasteiger partial charge in [0.25, 0.3) is 5.91 Å². The van der Waals surface area contributed by atoms with Crippen LogP contribution in [0.4, 0.5) is 15.8 Å². The van der Waals surface area contributed by atoms with Crippen molar-refractivity contribution in [1.82, 2.24) is 9.55 Å². The van der Waals surface area contributed by atoms with E-state index in [1.165, 1.54) is 36.5 Å². The summed E-state index contributed by atoms with van der Waals surface area (Å²) in [6.45, 7) is 4.62. The largest absolute Gasteiger partial charge is 0.492 e. The van der Waals surface area contributed by atoms with Gasteiger partial charge < -0.3 is 14.6 Å². The number of ether oxygens (including phenoxy) is 1. The van der Waals surface area contributed by atoms with Crippen molar-refractivity contribution in [2.24, 2.45) is 13.0 Å². The van der Waals surface area contributed by atoms with Gasteiger partial charge in [-0.25, -0.2) is 17.8 Å². The molecule has 3 rings (SSSR count). The number of sulfonamides is 1. The highest BCUT2D eigenvalue weighted by Crippen LogP contribution is 2.27. The third-order valence-electron chi connectivity index (χ3n) is 4.75. The van der Waals surface area contributed by atoms with Crippen LogP contribution in [0.1, 0.15) is 30.6 Å². The number of aromatic nitrogens is 2. The first-order valence-corrected chi connectivity index (χ1v) is 12.7. The Labute approximate surface area is 203 Å². The molecule has 0 atom stereocenters. The maximum atomic E-state index is 14.8. The summed E-state index contributed by atoms with van der Waals surface area (Å²) < 4.78 is 47.2. The van der Waals surface area contributed by atoms with Gasteiger partial charge in [-0.1, -0.05) is 25.4 Å². The van der Waals surface area contributed by atoms with Gasteiger partial charge in [0.05, 0.1) is 36.0 Å². The predicted octanol–water partition coefficient (Wildman–Crippen LogP) is 4.93. The lowest BCUT2D eigenvalue weighted by Crippen LogP contribution is -2.13. The maximum absolute atomic E-state index is 14.8. The van der Waals surface area contributed by atoms with Crippen LogP contribution in [0, 0.1) is 11.7 Å². The smallest absolute Gasteiger partial charge is 0.257 e. The van der Waals surface area contributed by atoms with Crippen LogP contribution in [0.15, 0.2) is 42.7 Å². The Kier molecular flexibility index (Phi) is 7.83. The molecule has 11 heteroatoms. The van der Waals surface area contributed by atoms with Crippen LogP contribution < -0.4 is 14.8 Å². The Hall–Kier alpha value is -3.11. The Morgan fingerprint density at radius 1 is 1.21 bits per heavy atom. The number of pyridine rings is 1. The summed E-state index contributed by atoms with van der Waals surface area (Å²) in [6.07, 6.45) is 4.85. The number of aryl methyl sites for hydroxylation is 1. The van der Waals surface area contributed by atoms with Crippen LogP contribution >= 0.6 is 11.6 Å². The molecule has 0 fully saturated rings. The molecule has 0 saturated carbocycles. The minimum absolute atomic E-state index is 0.0835. The van der Waals surface area contributed by atoms with Crippen LogP contribution in [0.5, 0.6) is 5.75 Å². The molecule has 3 aromatic rings. The lowest BCUT2D eigenvalue weighted by atomic mass is 10.1. The van der Waals surface area contributed by atoms with Gasteiger partial charge in [0.15, 0.2) is 5.82 Å². The highest BCUT2D eigenvalue weighted by Gasteiger charge is 2.17. The molecule has 2 N–H and O–H groups in total. The maximum Gasteiger partial charge on any atom is 0.257 e. The van der Waals surface area contributed by atoms with Crippen LogP contribution in [0.3, 0.4) is 0 Å². The molecule has 2 aromatic heterocycles. The number of nitrogens with one attached hydrogen (secondary N) is 2. The SMILES string of the molecule is CC(C)CCOc1cnc(-c2cc(C(=O)Nc3cc(Cl)cc(NS(C)(=O)=O)c3)cn2C)c(F)c1. The third kappa shape index (κ3) is 6.94. The normalized spacial score (nSPS) is 11.5. The molecule has 2 heterocycles. The van der Waals surface area contributed by atoms with E-state index >= 15 is 0 Å². The molecule has 0 aliphatic rings. The quantitative estimate of drug-likeness (QED) is 0.426. The van der Waals surface area contributed by atoms with E-state index in [9.17, 15) is 17.6 Å². The molecule has 0 bridgehead atoms. The molecule has 1 aromatic carbocycles. The van der Waals surface area contributed by atoms with E-state index in [-0.39, 0.29) is 22.0 Å². The van der Waals surface area contributed by atoms with E-state index in [1.807, 2.05) is 0 Å². The van der Waals surface area contributed by atoms with Gasteiger partial charge in [0.1, 0.15) is 11.4 Å². The summed E-state index contributed by atoms with van der Waals surface area (Å²) in [5, 5.41) is 2.90. The molecule has 0 aliphatic carbocycles. The van der Waals surface area contributed by atoms with Gasteiger partial charge in [-0.05, 0) is 36.6 Å². The molecule has 182 valence electrons. The zero-order valence-electron chi connectivity index (χ0n) is 19.2. The standard InChI is InChI=1S/C23H26ClFN4O4S/c1-14(2)5-6-33-19-11-20(25)22(26-12-19)21-7-15(13-29(21)3)23(30)27-17-8-16(24)9-18(10-17)28-34(4,31)32/h7-14,28H,5-6H2,1-4H3,(H,27,30). The lowest BCUT2D eigenvalue weighted by molar-refractivity contribution is 0.102. The molecule has 0 radical (unpaired) electrons. The predicted molar refractivity (Wildman–Crippen MR) is 131 cm³/mol. The fourth-order valence-electron chi connectivity index (χ4n) is 3.16. The van der Waals surface area contributed by atoms with Gasteiger partial charge >= 0.3 is 0 Å². The first-order valence-electron chi connectivity index (χ1n) is 10.5. The van der Waals surface area contributed by atoms with Gasteiger partial charge in [0.2, 0.25) is 10.0 Å². The second-order valence-electron chi connectivity index (χ2n) is 8.31. The van der Waals surface area contributed by atoms with Crippen molar-refractivity contribution in [3.05, 3.63) is 59.1 Å². The zero-order chi connectivity index (χ0) is 25.0. The second kappa shape index (κ2) is 10.4. The number of hydrogen-bond donors (Lipinski definition) is 2. The van der Waals surface area contributed by atoms with Crippen molar-refractivity contribution in [2.45, 2.75) is 20.3 Å². The Morgan fingerprint density at radius 3 is 2.56 bits per heavy atom. The van der Waals surface area contributed by atoms with E-state index in [0.717, 1.165) is 12.7 Å². The molecule has 0 saturated heterocycles. The first-order chi connectivity index (χ1) is 15.9. The van der Waals surface area contributed by atoms with Crippen molar-refractivity contribution in [1.29, 1.82) is 0 Å². The summed E-state index contributed by atoms with van der Waals surface area (Å²) in [4.78, 5) is 17.0. The molecule has 0 unspecified atom stereocenters. The van der Waals surface area contributed by atoms with Crippen molar-refractivity contribution >= 4 is 38.9 Å². The third-order valence-corrected chi connectivity index (χ3v) is 5.57. The van der Waals surface area contributed by atoms with E-state index in [1.54, 1.807) is 17.8 Å². The molecule has 1 amide bonds. The molecule has 0 aliphatic heterocycles. The van der Waals surface area contributed by atoms with E-state index in [2.05, 4.69) is 28.9 Å². The van der Waals surface area contributed by atoms with Crippen LogP contribution in [-0.4, -0.2) is 36.7 Å². The topological polar surface area (TPSA) is 102 Å². The second-order valence-corrected chi connectivity index (χ2v) is 10.5. The summed E-state index contributed by atoms with van der Waals surface area (Å²) in [7, 11) is -1.84. The number of rotatable bonds is 9. The summed E-state index contributed by atoms with van der Waals surface area (Å²) >= 11 is 6.04. The lowest BCUT2D eigenvalue weighted by Gasteiger charge is -2.09. The van der Waals surface area contributed by atoms with Gasteiger partial charge in [-0.3, -0.25) is 9.52 Å². The number of halogens is 2. The number of benzene rings is 1. The fourth-order valence-corrected chi connectivity index (χ4v) is 3.94. The Morgan fingerprint density at radius 2 is 1.91 bits per heavy atom. The first kappa shape index (κ1) is 25.5. The van der Waals surface area contributed by atoms with Gasteiger partial charge in [0, 0.05) is 30.0 Å². The average Bonchev–Trinajstić information content (AvgIpc) is 3.07. The number of carbonyl (C=O) groups is 1. The molecular weight excluding hydrogens is 483 g/mol. The summed E-state index contributed by atoms with van der Waals surface area (Å²) in [6, 6.07) is 7.13. The molecule has 0 spiro atoms.